The van der Waals surface area contributed by atoms with E-state index in [0.717, 1.165) is 5.56 Å². The Balaban J connectivity index is 1.55. The van der Waals surface area contributed by atoms with E-state index < -0.39 is 0 Å². The second-order valence-corrected chi connectivity index (χ2v) is 7.88. The molecule has 1 aromatic carbocycles. The van der Waals surface area contributed by atoms with Gasteiger partial charge in [-0.15, -0.1) is 0 Å². The van der Waals surface area contributed by atoms with Gasteiger partial charge in [-0.05, 0) is 24.3 Å². The van der Waals surface area contributed by atoms with Crippen LogP contribution in [0.4, 0.5) is 0 Å². The highest BCUT2D eigenvalue weighted by Gasteiger charge is 2.37. The van der Waals surface area contributed by atoms with Crippen molar-refractivity contribution in [2.24, 2.45) is 0 Å². The van der Waals surface area contributed by atoms with Crippen LogP contribution in [0.1, 0.15) is 5.76 Å². The number of hydrazine groups is 1. The standard InChI is InChI=1S/C18H15ClN2O3S2/c19-13-3-1-2-12(10-13)15-5-4-14(24-15)11-16-17(22)21(18(25)26-16)20-6-8-23-9-7-20/h1-5,10-11H,6-9H2/b16-11+. The van der Waals surface area contributed by atoms with Crippen molar-refractivity contribution in [1.82, 2.24) is 10.0 Å². The van der Waals surface area contributed by atoms with Crippen LogP contribution in [0.3, 0.4) is 0 Å². The molecule has 0 bridgehead atoms. The van der Waals surface area contributed by atoms with Gasteiger partial charge >= 0.3 is 0 Å². The van der Waals surface area contributed by atoms with Crippen LogP contribution < -0.4 is 0 Å². The molecule has 2 aliphatic heterocycles. The van der Waals surface area contributed by atoms with Gasteiger partial charge in [-0.1, -0.05) is 47.7 Å². The van der Waals surface area contributed by atoms with E-state index in [1.807, 2.05) is 41.4 Å². The number of benzene rings is 1. The average Bonchev–Trinajstić information content (AvgIpc) is 3.21. The Morgan fingerprint density at radius 3 is 2.77 bits per heavy atom. The summed E-state index contributed by atoms with van der Waals surface area (Å²) in [4.78, 5) is 13.3. The van der Waals surface area contributed by atoms with Gasteiger partial charge in [0, 0.05) is 29.8 Å². The monoisotopic (exact) mass is 406 g/mol. The van der Waals surface area contributed by atoms with Crippen molar-refractivity contribution in [3.63, 3.8) is 0 Å². The lowest BCUT2D eigenvalue weighted by molar-refractivity contribution is -0.138. The smallest absolute Gasteiger partial charge is 0.281 e. The predicted octanol–water partition coefficient (Wildman–Crippen LogP) is 4.05. The quantitative estimate of drug-likeness (QED) is 0.566. The molecule has 0 saturated carbocycles. The third-order valence-corrected chi connectivity index (χ3v) is 5.57. The van der Waals surface area contributed by atoms with Crippen LogP contribution in [0.15, 0.2) is 45.7 Å². The zero-order chi connectivity index (χ0) is 18.1. The Morgan fingerprint density at radius 2 is 2.00 bits per heavy atom. The molecule has 2 fully saturated rings. The maximum absolute atomic E-state index is 12.7. The molecule has 2 saturated heterocycles. The summed E-state index contributed by atoms with van der Waals surface area (Å²) < 4.78 is 11.7. The van der Waals surface area contributed by atoms with Crippen molar-refractivity contribution in [3.8, 4) is 11.3 Å². The fourth-order valence-corrected chi connectivity index (χ4v) is 4.29. The second-order valence-electron chi connectivity index (χ2n) is 5.77. The largest absolute Gasteiger partial charge is 0.457 e. The van der Waals surface area contributed by atoms with E-state index in [4.69, 9.17) is 33.0 Å². The molecule has 2 aliphatic rings. The molecule has 0 aliphatic carbocycles. The lowest BCUT2D eigenvalue weighted by Gasteiger charge is -2.33. The van der Waals surface area contributed by atoms with Crippen molar-refractivity contribution in [2.45, 2.75) is 0 Å². The minimum absolute atomic E-state index is 0.123. The number of nitrogens with zero attached hydrogens (tertiary/aromatic N) is 2. The molecular formula is C18H15ClN2O3S2. The predicted molar refractivity (Wildman–Crippen MR) is 107 cm³/mol. The van der Waals surface area contributed by atoms with E-state index in [1.54, 1.807) is 11.1 Å². The molecule has 8 heteroatoms. The van der Waals surface area contributed by atoms with Crippen molar-refractivity contribution < 1.29 is 13.9 Å². The number of rotatable bonds is 3. The maximum Gasteiger partial charge on any atom is 0.281 e. The summed E-state index contributed by atoms with van der Waals surface area (Å²) in [5, 5.41) is 4.14. The molecule has 0 radical (unpaired) electrons. The van der Waals surface area contributed by atoms with E-state index >= 15 is 0 Å². The zero-order valence-corrected chi connectivity index (χ0v) is 16.1. The highest BCUT2D eigenvalue weighted by atomic mass is 35.5. The highest BCUT2D eigenvalue weighted by Crippen LogP contribution is 2.35. The van der Waals surface area contributed by atoms with Crippen LogP contribution >= 0.6 is 35.6 Å². The number of ether oxygens (including phenoxy) is 1. The number of thiocarbonyl (C=S) groups is 1. The summed E-state index contributed by atoms with van der Waals surface area (Å²) in [6.45, 7) is 2.49. The Hall–Kier alpha value is -1.64. The van der Waals surface area contributed by atoms with Gasteiger partial charge in [-0.25, -0.2) is 10.0 Å². The lowest BCUT2D eigenvalue weighted by atomic mass is 10.2. The molecule has 3 heterocycles. The Morgan fingerprint density at radius 1 is 1.19 bits per heavy atom. The Bertz CT molecular complexity index is 890. The summed E-state index contributed by atoms with van der Waals surface area (Å²) >= 11 is 12.7. The van der Waals surface area contributed by atoms with Crippen LogP contribution in [-0.4, -0.2) is 46.5 Å². The molecule has 0 unspecified atom stereocenters. The zero-order valence-electron chi connectivity index (χ0n) is 13.7. The molecule has 0 N–H and O–H groups in total. The van der Waals surface area contributed by atoms with Crippen LogP contribution in [0.2, 0.25) is 5.02 Å². The van der Waals surface area contributed by atoms with E-state index in [2.05, 4.69) is 0 Å². The van der Waals surface area contributed by atoms with Crippen LogP contribution in [0.5, 0.6) is 0 Å². The van der Waals surface area contributed by atoms with Crippen molar-refractivity contribution in [3.05, 3.63) is 52.1 Å². The van der Waals surface area contributed by atoms with E-state index in [1.165, 1.54) is 11.8 Å². The van der Waals surface area contributed by atoms with Gasteiger partial charge < -0.3 is 9.15 Å². The number of carbonyl (C=O) groups excluding carboxylic acids is 1. The summed E-state index contributed by atoms with van der Waals surface area (Å²) in [7, 11) is 0. The van der Waals surface area contributed by atoms with E-state index in [0.29, 0.717) is 52.1 Å². The van der Waals surface area contributed by atoms with Gasteiger partial charge in [0.2, 0.25) is 0 Å². The Labute approximate surface area is 165 Å². The van der Waals surface area contributed by atoms with Gasteiger partial charge in [0.15, 0.2) is 4.32 Å². The van der Waals surface area contributed by atoms with E-state index in [9.17, 15) is 4.79 Å². The summed E-state index contributed by atoms with van der Waals surface area (Å²) in [6.07, 6.45) is 1.73. The number of hydrogen-bond acceptors (Lipinski definition) is 6. The van der Waals surface area contributed by atoms with Gasteiger partial charge in [0.25, 0.3) is 5.91 Å². The number of morpholine rings is 1. The molecule has 2 aromatic rings. The van der Waals surface area contributed by atoms with Crippen LogP contribution in [-0.2, 0) is 9.53 Å². The van der Waals surface area contributed by atoms with Crippen molar-refractivity contribution >= 4 is 51.9 Å². The van der Waals surface area contributed by atoms with Crippen molar-refractivity contribution in [2.75, 3.05) is 26.3 Å². The minimum Gasteiger partial charge on any atom is -0.457 e. The highest BCUT2D eigenvalue weighted by molar-refractivity contribution is 8.26. The van der Waals surface area contributed by atoms with Crippen molar-refractivity contribution in [1.29, 1.82) is 0 Å². The first-order valence-corrected chi connectivity index (χ1v) is 9.68. The second kappa shape index (κ2) is 7.54. The maximum atomic E-state index is 12.7. The van der Waals surface area contributed by atoms with Gasteiger partial charge in [0.05, 0.1) is 18.1 Å². The molecule has 1 aromatic heterocycles. The number of carbonyl (C=O) groups is 1. The van der Waals surface area contributed by atoms with Gasteiger partial charge in [-0.3, -0.25) is 4.79 Å². The molecule has 134 valence electrons. The summed E-state index contributed by atoms with van der Waals surface area (Å²) in [6, 6.07) is 11.1. The topological polar surface area (TPSA) is 45.9 Å². The van der Waals surface area contributed by atoms with Gasteiger partial charge in [0.1, 0.15) is 11.5 Å². The number of hydrogen-bond donors (Lipinski definition) is 0. The molecule has 0 spiro atoms. The normalized spacial score (nSPS) is 20.3. The molecular weight excluding hydrogens is 392 g/mol. The first-order chi connectivity index (χ1) is 12.6. The number of amides is 1. The van der Waals surface area contributed by atoms with E-state index in [-0.39, 0.29) is 5.91 Å². The lowest BCUT2D eigenvalue weighted by Crippen LogP contribution is -2.50. The molecule has 26 heavy (non-hydrogen) atoms. The third kappa shape index (κ3) is 3.58. The third-order valence-electron chi connectivity index (χ3n) is 4.05. The van der Waals surface area contributed by atoms with Gasteiger partial charge in [-0.2, -0.15) is 0 Å². The summed E-state index contributed by atoms with van der Waals surface area (Å²) in [5.41, 5.74) is 0.887. The SMILES string of the molecule is O=C1/C(=C\c2ccc(-c3cccc(Cl)c3)o2)SC(=S)N1N1CCOCC1. The molecule has 0 atom stereocenters. The van der Waals surface area contributed by atoms with Crippen LogP contribution in [0, 0.1) is 0 Å². The minimum atomic E-state index is -0.123. The number of thioether (sulfide) groups is 1. The molecule has 4 rings (SSSR count). The molecule has 5 nitrogen and oxygen atoms in total. The first-order valence-electron chi connectivity index (χ1n) is 8.08. The fourth-order valence-electron chi connectivity index (χ4n) is 2.81. The summed E-state index contributed by atoms with van der Waals surface area (Å²) in [5.74, 6) is 1.17. The van der Waals surface area contributed by atoms with Crippen LogP contribution in [0.25, 0.3) is 17.4 Å². The first kappa shape index (κ1) is 17.8. The average molecular weight is 407 g/mol. The fraction of sp³-hybridized carbons (Fsp3) is 0.222. The number of furan rings is 1. The number of halogens is 1. The Kier molecular flexibility index (Phi) is 5.15. The molecule has 1 amide bonds.